The molecule has 160 valence electrons. The van der Waals surface area contributed by atoms with E-state index < -0.39 is 0 Å². The van der Waals surface area contributed by atoms with E-state index in [0.29, 0.717) is 15.2 Å². The highest BCUT2D eigenvalue weighted by molar-refractivity contribution is 7.56. The molecule has 0 saturated heterocycles. The van der Waals surface area contributed by atoms with Crippen molar-refractivity contribution < 1.29 is 4.74 Å². The number of rotatable bonds is 7. The molecule has 0 spiro atoms. The number of para-hydroxylation sites is 1. The van der Waals surface area contributed by atoms with Crippen LogP contribution in [0.4, 0.5) is 5.69 Å². The highest BCUT2D eigenvalue weighted by Gasteiger charge is 2.13. The average molecular weight is 438 g/mol. The van der Waals surface area contributed by atoms with Crippen LogP contribution in [0.5, 0.6) is 5.75 Å². The van der Waals surface area contributed by atoms with Crippen molar-refractivity contribution in [1.82, 2.24) is 0 Å². The van der Waals surface area contributed by atoms with Crippen LogP contribution < -0.4 is 15.3 Å². The van der Waals surface area contributed by atoms with E-state index in [9.17, 15) is 0 Å². The van der Waals surface area contributed by atoms with Crippen LogP contribution in [0.25, 0.3) is 0 Å². The molecule has 0 aliphatic heterocycles. The molecule has 4 rings (SSSR count). The minimum Gasteiger partial charge on any atom is -0.488 e. The summed E-state index contributed by atoms with van der Waals surface area (Å²) in [5.74, 6) is 0.993. The summed E-state index contributed by atoms with van der Waals surface area (Å²) in [6.07, 6.45) is 1.98. The summed E-state index contributed by atoms with van der Waals surface area (Å²) >= 11 is 0. The van der Waals surface area contributed by atoms with E-state index in [1.807, 2.05) is 42.6 Å². The average Bonchev–Trinajstić information content (AvgIpc) is 2.80. The van der Waals surface area contributed by atoms with Gasteiger partial charge in [0.05, 0.1) is 5.69 Å². The van der Waals surface area contributed by atoms with Gasteiger partial charge in [0.2, 0.25) is 0 Å². The third-order valence-corrected chi connectivity index (χ3v) is 6.89. The predicted molar refractivity (Wildman–Crippen MR) is 139 cm³/mol. The Morgan fingerprint density at radius 3 is 2.25 bits per heavy atom. The van der Waals surface area contributed by atoms with Crippen molar-refractivity contribution in [3.63, 3.8) is 0 Å². The van der Waals surface area contributed by atoms with Gasteiger partial charge in [0, 0.05) is 17.1 Å². The Labute approximate surface area is 192 Å². The van der Waals surface area contributed by atoms with Gasteiger partial charge in [0.1, 0.15) is 12.4 Å². The molecule has 0 heterocycles. The van der Waals surface area contributed by atoms with Crippen LogP contribution in [0.15, 0.2) is 96.0 Å². The lowest BCUT2D eigenvalue weighted by molar-refractivity contribution is 0.307. The standard InChI is InChI=1S/C29H28NOP/c1-21-17-23(3)28(31-20-24-12-6-4-7-13-24)27(18-21)32-29-22(2)11-10-14-25(29)19-30-26-15-8-5-9-16-26/h4-19,32H,20H2,1-3H3. The Hall–Kier alpha value is -3.22. The van der Waals surface area contributed by atoms with E-state index in [2.05, 4.69) is 75.4 Å². The Morgan fingerprint density at radius 2 is 1.50 bits per heavy atom. The molecule has 0 fully saturated rings. The second-order valence-electron chi connectivity index (χ2n) is 7.99. The van der Waals surface area contributed by atoms with Gasteiger partial charge in [-0.05, 0) is 66.5 Å². The van der Waals surface area contributed by atoms with E-state index in [1.54, 1.807) is 0 Å². The molecule has 0 saturated carbocycles. The molecule has 0 bridgehead atoms. The van der Waals surface area contributed by atoms with Crippen LogP contribution in [0.1, 0.15) is 27.8 Å². The fourth-order valence-corrected chi connectivity index (χ4v) is 5.25. The molecule has 32 heavy (non-hydrogen) atoms. The second-order valence-corrected chi connectivity index (χ2v) is 9.28. The molecule has 0 amide bonds. The molecule has 0 radical (unpaired) electrons. The minimum absolute atomic E-state index is 0.485. The van der Waals surface area contributed by atoms with Crippen molar-refractivity contribution in [2.24, 2.45) is 4.99 Å². The molecule has 0 aliphatic rings. The van der Waals surface area contributed by atoms with Crippen molar-refractivity contribution in [2.75, 3.05) is 0 Å². The van der Waals surface area contributed by atoms with Gasteiger partial charge in [-0.3, -0.25) is 4.99 Å². The highest BCUT2D eigenvalue weighted by atomic mass is 31.1. The third-order valence-electron chi connectivity index (χ3n) is 5.32. The van der Waals surface area contributed by atoms with Gasteiger partial charge in [0.25, 0.3) is 0 Å². The second kappa shape index (κ2) is 10.4. The fraction of sp³-hybridized carbons (Fsp3) is 0.138. The molecule has 2 nitrogen and oxygen atoms in total. The van der Waals surface area contributed by atoms with Crippen LogP contribution in [-0.4, -0.2) is 6.21 Å². The van der Waals surface area contributed by atoms with Gasteiger partial charge in [-0.25, -0.2) is 0 Å². The van der Waals surface area contributed by atoms with Crippen molar-refractivity contribution in [3.8, 4) is 5.75 Å². The number of nitrogens with zero attached hydrogens (tertiary/aromatic N) is 1. The summed E-state index contributed by atoms with van der Waals surface area (Å²) in [6, 6.07) is 31.3. The third kappa shape index (κ3) is 5.52. The van der Waals surface area contributed by atoms with E-state index in [4.69, 9.17) is 9.73 Å². The fourth-order valence-electron chi connectivity index (χ4n) is 3.73. The zero-order chi connectivity index (χ0) is 22.3. The summed E-state index contributed by atoms with van der Waals surface area (Å²) in [4.78, 5) is 4.70. The Balaban J connectivity index is 1.66. The molecule has 1 atom stereocenters. The van der Waals surface area contributed by atoms with Crippen LogP contribution in [0, 0.1) is 20.8 Å². The Kier molecular flexibility index (Phi) is 7.14. The molecule has 4 aromatic carbocycles. The van der Waals surface area contributed by atoms with Gasteiger partial charge < -0.3 is 4.74 Å². The van der Waals surface area contributed by atoms with Crippen LogP contribution in [0.2, 0.25) is 0 Å². The first kappa shape index (κ1) is 22.0. The van der Waals surface area contributed by atoms with Crippen molar-refractivity contribution in [1.29, 1.82) is 0 Å². The number of benzene rings is 4. The lowest BCUT2D eigenvalue weighted by Crippen LogP contribution is -2.15. The number of ether oxygens (including phenoxy) is 1. The number of hydrogen-bond acceptors (Lipinski definition) is 2. The van der Waals surface area contributed by atoms with E-state index in [-0.39, 0.29) is 0 Å². The van der Waals surface area contributed by atoms with Gasteiger partial charge in [0.15, 0.2) is 0 Å². The molecule has 0 aromatic heterocycles. The highest BCUT2D eigenvalue weighted by Crippen LogP contribution is 2.27. The molecule has 0 N–H and O–H groups in total. The zero-order valence-electron chi connectivity index (χ0n) is 18.8. The molecule has 4 aromatic rings. The quantitative estimate of drug-likeness (QED) is 0.237. The van der Waals surface area contributed by atoms with Crippen molar-refractivity contribution in [3.05, 3.63) is 119 Å². The lowest BCUT2D eigenvalue weighted by atomic mass is 10.1. The summed E-state index contributed by atoms with van der Waals surface area (Å²) in [6.45, 7) is 7.03. The molecule has 3 heteroatoms. The van der Waals surface area contributed by atoms with Crippen molar-refractivity contribution >= 4 is 31.1 Å². The number of hydrogen-bond donors (Lipinski definition) is 0. The van der Waals surface area contributed by atoms with E-state index in [0.717, 1.165) is 17.0 Å². The van der Waals surface area contributed by atoms with E-state index >= 15 is 0 Å². The summed E-state index contributed by atoms with van der Waals surface area (Å²) in [5.41, 5.74) is 6.99. The normalized spacial score (nSPS) is 11.5. The minimum atomic E-state index is 0.485. The van der Waals surface area contributed by atoms with Gasteiger partial charge >= 0.3 is 0 Å². The van der Waals surface area contributed by atoms with Crippen LogP contribution in [-0.2, 0) is 6.61 Å². The summed E-state index contributed by atoms with van der Waals surface area (Å²) < 4.78 is 6.36. The lowest BCUT2D eigenvalue weighted by Gasteiger charge is -2.17. The Morgan fingerprint density at radius 1 is 0.781 bits per heavy atom. The maximum atomic E-state index is 6.36. The first-order valence-electron chi connectivity index (χ1n) is 10.8. The molecular weight excluding hydrogens is 409 g/mol. The topological polar surface area (TPSA) is 21.6 Å². The smallest absolute Gasteiger partial charge is 0.130 e. The van der Waals surface area contributed by atoms with Gasteiger partial charge in [-0.1, -0.05) is 81.4 Å². The van der Waals surface area contributed by atoms with Crippen LogP contribution >= 0.6 is 8.58 Å². The maximum Gasteiger partial charge on any atom is 0.130 e. The Bertz CT molecular complexity index is 1220. The number of aliphatic imine (C=N–C) groups is 1. The zero-order valence-corrected chi connectivity index (χ0v) is 19.8. The molecule has 1 unspecified atom stereocenters. The monoisotopic (exact) mass is 437 g/mol. The van der Waals surface area contributed by atoms with Crippen molar-refractivity contribution in [2.45, 2.75) is 27.4 Å². The predicted octanol–water partition coefficient (Wildman–Crippen LogP) is 6.57. The molecular formula is C29H28NOP. The number of aryl methyl sites for hydroxylation is 3. The van der Waals surface area contributed by atoms with E-state index in [1.165, 1.54) is 32.9 Å². The summed E-state index contributed by atoms with van der Waals surface area (Å²) in [5, 5.41) is 2.55. The van der Waals surface area contributed by atoms with Gasteiger partial charge in [-0.15, -0.1) is 0 Å². The molecule has 0 aliphatic carbocycles. The van der Waals surface area contributed by atoms with Gasteiger partial charge in [-0.2, -0.15) is 0 Å². The van der Waals surface area contributed by atoms with Crippen LogP contribution in [0.3, 0.4) is 0 Å². The first-order chi connectivity index (χ1) is 15.6. The maximum absolute atomic E-state index is 6.36. The SMILES string of the molecule is Cc1cc(C)c(OCc2ccccc2)c(Pc2c(C)cccc2C=Nc2ccccc2)c1. The first-order valence-corrected chi connectivity index (χ1v) is 11.8. The largest absolute Gasteiger partial charge is 0.488 e. The summed E-state index contributed by atoms with van der Waals surface area (Å²) in [7, 11) is 0.485.